The van der Waals surface area contributed by atoms with E-state index in [1.165, 1.54) is 5.56 Å². The summed E-state index contributed by atoms with van der Waals surface area (Å²) in [7, 11) is 1.67. The van der Waals surface area contributed by atoms with Crippen LogP contribution in [0.2, 0.25) is 0 Å². The van der Waals surface area contributed by atoms with E-state index >= 15 is 0 Å². The van der Waals surface area contributed by atoms with Gasteiger partial charge in [0.15, 0.2) is 0 Å². The number of rotatable bonds is 4. The van der Waals surface area contributed by atoms with Crippen molar-refractivity contribution in [3.05, 3.63) is 65.9 Å². The van der Waals surface area contributed by atoms with Crippen LogP contribution in [0.5, 0.6) is 5.75 Å². The van der Waals surface area contributed by atoms with Gasteiger partial charge >= 0.3 is 0 Å². The number of primary amides is 1. The van der Waals surface area contributed by atoms with Crippen LogP contribution in [0.15, 0.2) is 54.6 Å². The third-order valence-electron chi connectivity index (χ3n) is 5.19. The van der Waals surface area contributed by atoms with Gasteiger partial charge < -0.3 is 15.4 Å². The average Bonchev–Trinajstić information content (AvgIpc) is 2.74. The van der Waals surface area contributed by atoms with E-state index in [0.29, 0.717) is 6.54 Å². The van der Waals surface area contributed by atoms with Crippen LogP contribution in [0.4, 0.5) is 5.69 Å². The van der Waals surface area contributed by atoms with Gasteiger partial charge in [0.25, 0.3) is 0 Å². The van der Waals surface area contributed by atoms with Gasteiger partial charge in [0.05, 0.1) is 13.7 Å². The minimum absolute atomic E-state index is 0.270. The van der Waals surface area contributed by atoms with Crippen LogP contribution < -0.4 is 15.4 Å². The van der Waals surface area contributed by atoms with Crippen LogP contribution in [-0.4, -0.2) is 55.6 Å². The van der Waals surface area contributed by atoms with E-state index < -0.39 is 0 Å². The molecule has 0 bridgehead atoms. The molecular formula is C24H30N4O2. The molecule has 6 heteroatoms. The number of anilines is 1. The lowest BCUT2D eigenvalue weighted by atomic mass is 10.1. The molecule has 4 rings (SSSR count). The second-order valence-electron chi connectivity index (χ2n) is 7.52. The van der Waals surface area contributed by atoms with Crippen molar-refractivity contribution in [3.8, 4) is 5.75 Å². The van der Waals surface area contributed by atoms with Crippen LogP contribution in [-0.2, 0) is 4.79 Å². The Labute approximate surface area is 178 Å². The standard InChI is InChI=1S/C17H22N4O2.C7H8/c1-12-3-4-13-14(5-6-15(23-2)17(13)19-12)21-9-7-20(8-10-21)11-16(18)22;1-7-5-3-2-4-6-7/h3-6H,7-11H2,1-2H3,(H2,18,22);2-6H,1H3. The van der Waals surface area contributed by atoms with Crippen LogP contribution in [0.3, 0.4) is 0 Å². The molecule has 1 amide bonds. The van der Waals surface area contributed by atoms with E-state index in [1.54, 1.807) is 7.11 Å². The summed E-state index contributed by atoms with van der Waals surface area (Å²) in [4.78, 5) is 20.1. The van der Waals surface area contributed by atoms with Gasteiger partial charge in [0, 0.05) is 42.9 Å². The number of benzene rings is 2. The minimum atomic E-state index is -0.270. The number of methoxy groups -OCH3 is 1. The highest BCUT2D eigenvalue weighted by atomic mass is 16.5. The number of aryl methyl sites for hydroxylation is 2. The largest absolute Gasteiger partial charge is 0.494 e. The Balaban J connectivity index is 0.000000310. The molecule has 0 spiro atoms. The van der Waals surface area contributed by atoms with Crippen molar-refractivity contribution in [2.45, 2.75) is 13.8 Å². The summed E-state index contributed by atoms with van der Waals surface area (Å²) in [5, 5.41) is 1.10. The number of ether oxygens (including phenoxy) is 1. The number of carbonyl (C=O) groups excluding carboxylic acids is 1. The molecule has 0 radical (unpaired) electrons. The van der Waals surface area contributed by atoms with Gasteiger partial charge in [0.2, 0.25) is 5.91 Å². The highest BCUT2D eigenvalue weighted by Gasteiger charge is 2.20. The molecule has 0 saturated carbocycles. The number of carbonyl (C=O) groups is 1. The number of fused-ring (bicyclic) bond motifs is 1. The van der Waals surface area contributed by atoms with E-state index in [9.17, 15) is 4.79 Å². The lowest BCUT2D eigenvalue weighted by Gasteiger charge is -2.36. The Kier molecular flexibility index (Phi) is 7.25. The van der Waals surface area contributed by atoms with Gasteiger partial charge in [-0.3, -0.25) is 9.69 Å². The van der Waals surface area contributed by atoms with E-state index in [2.05, 4.69) is 46.0 Å². The van der Waals surface area contributed by atoms with Crippen molar-refractivity contribution < 1.29 is 9.53 Å². The quantitative estimate of drug-likeness (QED) is 0.721. The molecular weight excluding hydrogens is 376 g/mol. The number of nitrogens with two attached hydrogens (primary N) is 1. The second kappa shape index (κ2) is 10.1. The van der Waals surface area contributed by atoms with Gasteiger partial charge in [-0.2, -0.15) is 0 Å². The molecule has 2 heterocycles. The molecule has 0 aliphatic carbocycles. The molecule has 0 atom stereocenters. The summed E-state index contributed by atoms with van der Waals surface area (Å²) >= 11 is 0. The smallest absolute Gasteiger partial charge is 0.231 e. The van der Waals surface area contributed by atoms with E-state index in [4.69, 9.17) is 10.5 Å². The van der Waals surface area contributed by atoms with Gasteiger partial charge in [-0.1, -0.05) is 35.9 Å². The normalized spacial score (nSPS) is 14.2. The molecule has 2 N–H and O–H groups in total. The van der Waals surface area contributed by atoms with Crippen molar-refractivity contribution in [2.24, 2.45) is 5.73 Å². The highest BCUT2D eigenvalue weighted by Crippen LogP contribution is 2.33. The van der Waals surface area contributed by atoms with Crippen molar-refractivity contribution in [1.29, 1.82) is 0 Å². The Morgan fingerprint density at radius 2 is 1.70 bits per heavy atom. The first-order chi connectivity index (χ1) is 14.5. The van der Waals surface area contributed by atoms with Gasteiger partial charge in [-0.15, -0.1) is 0 Å². The first-order valence-electron chi connectivity index (χ1n) is 10.2. The zero-order chi connectivity index (χ0) is 21.5. The fourth-order valence-electron chi connectivity index (χ4n) is 3.62. The Morgan fingerprint density at radius 3 is 2.27 bits per heavy atom. The van der Waals surface area contributed by atoms with Crippen molar-refractivity contribution >= 4 is 22.5 Å². The summed E-state index contributed by atoms with van der Waals surface area (Å²) < 4.78 is 5.44. The fraction of sp³-hybridized carbons (Fsp3) is 0.333. The number of piperazine rings is 1. The summed E-state index contributed by atoms with van der Waals surface area (Å²) in [5.41, 5.74) is 9.62. The average molecular weight is 407 g/mol. The highest BCUT2D eigenvalue weighted by molar-refractivity contribution is 5.96. The summed E-state index contributed by atoms with van der Waals surface area (Å²) in [6.45, 7) is 7.78. The first kappa shape index (κ1) is 21.6. The minimum Gasteiger partial charge on any atom is -0.494 e. The van der Waals surface area contributed by atoms with Crippen LogP contribution in [0.25, 0.3) is 10.9 Å². The first-order valence-corrected chi connectivity index (χ1v) is 10.2. The van der Waals surface area contributed by atoms with E-state index in [-0.39, 0.29) is 5.91 Å². The summed E-state index contributed by atoms with van der Waals surface area (Å²) in [6.07, 6.45) is 0. The van der Waals surface area contributed by atoms with Crippen molar-refractivity contribution in [2.75, 3.05) is 44.7 Å². The molecule has 1 aromatic heterocycles. The van der Waals surface area contributed by atoms with Gasteiger partial charge in [-0.05, 0) is 38.1 Å². The molecule has 30 heavy (non-hydrogen) atoms. The zero-order valence-electron chi connectivity index (χ0n) is 18.0. The molecule has 1 fully saturated rings. The summed E-state index contributed by atoms with van der Waals surface area (Å²) in [5.74, 6) is 0.521. The number of hydrogen-bond acceptors (Lipinski definition) is 5. The maximum atomic E-state index is 11.0. The molecule has 0 unspecified atom stereocenters. The fourth-order valence-corrected chi connectivity index (χ4v) is 3.62. The molecule has 6 nitrogen and oxygen atoms in total. The van der Waals surface area contributed by atoms with Crippen LogP contribution >= 0.6 is 0 Å². The molecule has 3 aromatic rings. The maximum absolute atomic E-state index is 11.0. The second-order valence-corrected chi connectivity index (χ2v) is 7.52. The topological polar surface area (TPSA) is 71.7 Å². The summed E-state index contributed by atoms with van der Waals surface area (Å²) in [6, 6.07) is 18.4. The molecule has 1 aliphatic heterocycles. The van der Waals surface area contributed by atoms with Crippen LogP contribution in [0.1, 0.15) is 11.3 Å². The molecule has 2 aromatic carbocycles. The number of pyridine rings is 1. The van der Waals surface area contributed by atoms with Crippen molar-refractivity contribution in [1.82, 2.24) is 9.88 Å². The number of hydrogen-bond donors (Lipinski definition) is 1. The Morgan fingerprint density at radius 1 is 1.00 bits per heavy atom. The Bertz CT molecular complexity index is 983. The predicted octanol–water partition coefficient (Wildman–Crippen LogP) is 3.15. The zero-order valence-corrected chi connectivity index (χ0v) is 18.0. The monoisotopic (exact) mass is 406 g/mol. The number of amides is 1. The molecule has 1 saturated heterocycles. The van der Waals surface area contributed by atoms with E-state index in [1.807, 2.05) is 37.3 Å². The van der Waals surface area contributed by atoms with Crippen LogP contribution in [0, 0.1) is 13.8 Å². The third kappa shape index (κ3) is 5.48. The third-order valence-corrected chi connectivity index (χ3v) is 5.19. The van der Waals surface area contributed by atoms with Crippen molar-refractivity contribution in [3.63, 3.8) is 0 Å². The molecule has 1 aliphatic rings. The maximum Gasteiger partial charge on any atom is 0.231 e. The number of aromatic nitrogens is 1. The van der Waals surface area contributed by atoms with Gasteiger partial charge in [0.1, 0.15) is 11.3 Å². The lowest BCUT2D eigenvalue weighted by molar-refractivity contribution is -0.119. The predicted molar refractivity (Wildman–Crippen MR) is 122 cm³/mol. The number of nitrogens with zero attached hydrogens (tertiary/aromatic N) is 3. The molecule has 158 valence electrons. The van der Waals surface area contributed by atoms with Gasteiger partial charge in [-0.25, -0.2) is 4.98 Å². The lowest BCUT2D eigenvalue weighted by Crippen LogP contribution is -2.48. The Hall–Kier alpha value is -3.12. The van der Waals surface area contributed by atoms with E-state index in [0.717, 1.165) is 54.2 Å². The SMILES string of the molecule is COc1ccc(N2CCN(CC(N)=O)CC2)c2ccc(C)nc12.Cc1ccccc1.